The van der Waals surface area contributed by atoms with Crippen molar-refractivity contribution in [2.45, 2.75) is 45.4 Å². The molecule has 0 aromatic heterocycles. The second kappa shape index (κ2) is 10.7. The zero-order chi connectivity index (χ0) is 13.3. The molecule has 5 heteroatoms. The average Bonchev–Trinajstić information content (AvgIpc) is 2.34. The van der Waals surface area contributed by atoms with Crippen molar-refractivity contribution in [1.29, 1.82) is 0 Å². The van der Waals surface area contributed by atoms with Crippen LogP contribution in [0.4, 0.5) is 0 Å². The molecule has 0 heterocycles. The zero-order valence-corrected chi connectivity index (χ0v) is 11.8. The van der Waals surface area contributed by atoms with Gasteiger partial charge in [0.05, 0.1) is 5.75 Å². The summed E-state index contributed by atoms with van der Waals surface area (Å²) < 4.78 is 28.3. The van der Waals surface area contributed by atoms with Gasteiger partial charge in [-0.15, -0.1) is 0 Å². The minimum atomic E-state index is -3.43. The van der Waals surface area contributed by atoms with E-state index in [1.807, 2.05) is 6.07 Å². The first kappa shape index (κ1) is 19.0. The molecule has 0 fully saturated rings. The quantitative estimate of drug-likeness (QED) is 0.399. The predicted molar refractivity (Wildman–Crippen MR) is 81.4 cm³/mol. The molecule has 1 rings (SSSR count). The average molecular weight is 294 g/mol. The fourth-order valence-corrected chi connectivity index (χ4v) is 2.77. The molecule has 0 amide bonds. The van der Waals surface area contributed by atoms with Gasteiger partial charge in [0.15, 0.2) is 0 Å². The second-order valence-electron chi connectivity index (χ2n) is 4.43. The SMILES string of the molecule is CCCCCCCCS(=O)(=O)Oc1ccccc1.[NaH]. The van der Waals surface area contributed by atoms with E-state index in [1.165, 1.54) is 19.3 Å². The van der Waals surface area contributed by atoms with Crippen LogP contribution in [0.3, 0.4) is 0 Å². The van der Waals surface area contributed by atoms with Crippen LogP contribution in [0.25, 0.3) is 0 Å². The summed E-state index contributed by atoms with van der Waals surface area (Å²) in [5, 5.41) is 0. The Bertz CT molecular complexity index is 418. The Morgan fingerprint density at radius 2 is 1.53 bits per heavy atom. The van der Waals surface area contributed by atoms with Gasteiger partial charge >= 0.3 is 39.7 Å². The van der Waals surface area contributed by atoms with Gasteiger partial charge in [-0.1, -0.05) is 57.2 Å². The maximum atomic E-state index is 11.7. The van der Waals surface area contributed by atoms with Crippen LogP contribution in [-0.4, -0.2) is 43.7 Å². The van der Waals surface area contributed by atoms with Crippen molar-refractivity contribution >= 4 is 39.7 Å². The molecule has 104 valence electrons. The van der Waals surface area contributed by atoms with E-state index >= 15 is 0 Å². The topological polar surface area (TPSA) is 43.4 Å². The molecule has 0 aliphatic heterocycles. The van der Waals surface area contributed by atoms with Crippen molar-refractivity contribution in [3.8, 4) is 5.75 Å². The number of benzene rings is 1. The van der Waals surface area contributed by atoms with Crippen molar-refractivity contribution in [1.82, 2.24) is 0 Å². The Balaban J connectivity index is 0.00000324. The maximum absolute atomic E-state index is 11.7. The van der Waals surface area contributed by atoms with Crippen LogP contribution in [-0.2, 0) is 10.1 Å². The first-order chi connectivity index (χ1) is 8.64. The molecule has 3 nitrogen and oxygen atoms in total. The third-order valence-electron chi connectivity index (χ3n) is 2.71. The summed E-state index contributed by atoms with van der Waals surface area (Å²) in [5.41, 5.74) is 0. The van der Waals surface area contributed by atoms with E-state index in [2.05, 4.69) is 6.92 Å². The molecule has 0 saturated carbocycles. The van der Waals surface area contributed by atoms with E-state index in [1.54, 1.807) is 24.3 Å². The zero-order valence-electron chi connectivity index (χ0n) is 11.0. The molecule has 0 saturated heterocycles. The molecule has 0 atom stereocenters. The summed E-state index contributed by atoms with van der Waals surface area (Å²) in [5.74, 6) is 0.497. The third kappa shape index (κ3) is 9.50. The molecule has 0 unspecified atom stereocenters. The molecule has 1 aromatic carbocycles. The molecule has 0 radical (unpaired) electrons. The molecule has 0 spiro atoms. The van der Waals surface area contributed by atoms with Crippen molar-refractivity contribution in [3.63, 3.8) is 0 Å². The van der Waals surface area contributed by atoms with Crippen LogP contribution in [0.15, 0.2) is 30.3 Å². The Labute approximate surface area is 139 Å². The Kier molecular flexibility index (Phi) is 10.7. The minimum absolute atomic E-state index is 0. The summed E-state index contributed by atoms with van der Waals surface area (Å²) in [6.07, 6.45) is 6.36. The van der Waals surface area contributed by atoms with E-state index in [0.29, 0.717) is 12.2 Å². The third-order valence-corrected chi connectivity index (χ3v) is 3.95. The molecular weight excluding hydrogens is 271 g/mol. The van der Waals surface area contributed by atoms with Gasteiger partial charge in [0.2, 0.25) is 0 Å². The van der Waals surface area contributed by atoms with Gasteiger partial charge in [-0.2, -0.15) is 8.42 Å². The van der Waals surface area contributed by atoms with Gasteiger partial charge in [0, 0.05) is 0 Å². The van der Waals surface area contributed by atoms with Crippen molar-refractivity contribution in [3.05, 3.63) is 30.3 Å². The van der Waals surface area contributed by atoms with Crippen LogP contribution in [0.5, 0.6) is 5.75 Å². The summed E-state index contributed by atoms with van der Waals surface area (Å²) in [6, 6.07) is 8.65. The number of hydrogen-bond acceptors (Lipinski definition) is 3. The van der Waals surface area contributed by atoms with E-state index in [4.69, 9.17) is 4.18 Å². The van der Waals surface area contributed by atoms with Gasteiger partial charge in [0.1, 0.15) is 5.75 Å². The fourth-order valence-electron chi connectivity index (χ4n) is 1.72. The predicted octanol–water partition coefficient (Wildman–Crippen LogP) is 3.11. The number of rotatable bonds is 9. The molecule has 1 aromatic rings. The summed E-state index contributed by atoms with van der Waals surface area (Å²) in [4.78, 5) is 0. The van der Waals surface area contributed by atoms with Crippen LogP contribution < -0.4 is 4.18 Å². The van der Waals surface area contributed by atoms with Crippen LogP contribution in [0, 0.1) is 0 Å². The Morgan fingerprint density at radius 1 is 0.947 bits per heavy atom. The van der Waals surface area contributed by atoms with Gasteiger partial charge in [-0.3, -0.25) is 0 Å². The normalized spacial score (nSPS) is 10.8. The van der Waals surface area contributed by atoms with Gasteiger partial charge in [-0.25, -0.2) is 0 Å². The van der Waals surface area contributed by atoms with Gasteiger partial charge in [0.25, 0.3) is 0 Å². The van der Waals surface area contributed by atoms with E-state index in [9.17, 15) is 8.42 Å². The number of unbranched alkanes of at least 4 members (excludes halogenated alkanes) is 5. The summed E-state index contributed by atoms with van der Waals surface area (Å²) in [6.45, 7) is 2.16. The summed E-state index contributed by atoms with van der Waals surface area (Å²) >= 11 is 0. The molecule has 0 bridgehead atoms. The van der Waals surface area contributed by atoms with Crippen molar-refractivity contribution in [2.24, 2.45) is 0 Å². The van der Waals surface area contributed by atoms with Crippen molar-refractivity contribution in [2.75, 3.05) is 5.75 Å². The van der Waals surface area contributed by atoms with E-state index < -0.39 is 10.1 Å². The van der Waals surface area contributed by atoms with Crippen LogP contribution in [0.1, 0.15) is 45.4 Å². The standard InChI is InChI=1S/C14H22O3S.Na.H/c1-2-3-4-5-6-10-13-18(15,16)17-14-11-8-7-9-12-14;;/h7-9,11-12H,2-6,10,13H2,1H3;;. The van der Waals surface area contributed by atoms with Crippen LogP contribution >= 0.6 is 0 Å². The number of hydrogen-bond donors (Lipinski definition) is 0. The molecular formula is C14H23NaO3S. The molecule has 0 aliphatic carbocycles. The Hall–Kier alpha value is -0.0300. The van der Waals surface area contributed by atoms with Crippen LogP contribution in [0.2, 0.25) is 0 Å². The first-order valence-electron chi connectivity index (χ1n) is 6.61. The van der Waals surface area contributed by atoms with E-state index in [-0.39, 0.29) is 35.3 Å². The van der Waals surface area contributed by atoms with Crippen molar-refractivity contribution < 1.29 is 12.6 Å². The molecule has 0 N–H and O–H groups in total. The first-order valence-corrected chi connectivity index (χ1v) is 8.19. The van der Waals surface area contributed by atoms with E-state index in [0.717, 1.165) is 12.8 Å². The van der Waals surface area contributed by atoms with Gasteiger partial charge < -0.3 is 4.18 Å². The fraction of sp³-hybridized carbons (Fsp3) is 0.571. The molecule has 19 heavy (non-hydrogen) atoms. The Morgan fingerprint density at radius 3 is 2.16 bits per heavy atom. The summed E-state index contributed by atoms with van der Waals surface area (Å²) in [7, 11) is -3.43. The monoisotopic (exact) mass is 294 g/mol. The van der Waals surface area contributed by atoms with Gasteiger partial charge in [-0.05, 0) is 18.6 Å². The molecule has 0 aliphatic rings. The second-order valence-corrected chi connectivity index (χ2v) is 6.12. The number of para-hydroxylation sites is 1.